The Kier molecular flexibility index (Phi) is 5.86. The molecule has 7 heteroatoms. The van der Waals surface area contributed by atoms with Gasteiger partial charge in [-0.25, -0.2) is 0 Å². The predicted molar refractivity (Wildman–Crippen MR) is 121 cm³/mol. The van der Waals surface area contributed by atoms with Crippen molar-refractivity contribution >= 4 is 28.4 Å². The second kappa shape index (κ2) is 8.73. The van der Waals surface area contributed by atoms with Crippen LogP contribution in [0.5, 0.6) is 0 Å². The number of aromatic nitrogens is 1. The maximum atomic E-state index is 12.9. The molecule has 1 atom stereocenters. The minimum absolute atomic E-state index is 0.0827. The molecule has 0 bridgehead atoms. The fourth-order valence-corrected chi connectivity index (χ4v) is 4.18. The summed E-state index contributed by atoms with van der Waals surface area (Å²) in [6.45, 7) is 2.36. The van der Waals surface area contributed by atoms with Crippen LogP contribution >= 0.6 is 0 Å². The molecule has 1 unspecified atom stereocenters. The number of pyridine rings is 1. The molecule has 0 radical (unpaired) electrons. The molecule has 2 aromatic carbocycles. The molecular formula is C24H26N4O3. The number of carbonyl (C=O) groups is 2. The lowest BCUT2D eigenvalue weighted by atomic mass is 9.97. The molecule has 1 aromatic heterocycles. The number of fused-ring (bicyclic) bond motifs is 1. The molecule has 3 aromatic rings. The molecular weight excluding hydrogens is 392 g/mol. The molecule has 0 saturated carbocycles. The van der Waals surface area contributed by atoms with Gasteiger partial charge in [0.1, 0.15) is 0 Å². The van der Waals surface area contributed by atoms with Crippen LogP contribution in [0.25, 0.3) is 10.9 Å². The first-order valence-electron chi connectivity index (χ1n) is 10.4. The van der Waals surface area contributed by atoms with Crippen molar-refractivity contribution in [3.05, 3.63) is 76.1 Å². The molecule has 1 aliphatic rings. The Morgan fingerprint density at radius 2 is 1.87 bits per heavy atom. The molecule has 0 aliphatic carbocycles. The normalized spacial score (nSPS) is 16.9. The van der Waals surface area contributed by atoms with Crippen molar-refractivity contribution in [2.24, 2.45) is 18.7 Å². The highest BCUT2D eigenvalue weighted by molar-refractivity contribution is 6.12. The summed E-state index contributed by atoms with van der Waals surface area (Å²) in [5, 5.41) is 3.62. The molecule has 2 amide bonds. The van der Waals surface area contributed by atoms with Crippen LogP contribution in [0.2, 0.25) is 0 Å². The van der Waals surface area contributed by atoms with E-state index in [1.807, 2.05) is 48.5 Å². The SMILES string of the molecule is Cn1c(=O)cc(C(=O)Nc2ccc(CN3CCCC(C(N)=O)C3)cc2)c2ccccc21. The predicted octanol–water partition coefficient (Wildman–Crippen LogP) is 2.49. The van der Waals surface area contributed by atoms with Crippen LogP contribution in [0.1, 0.15) is 28.8 Å². The monoisotopic (exact) mass is 418 g/mol. The van der Waals surface area contributed by atoms with Gasteiger partial charge in [-0.2, -0.15) is 0 Å². The number of piperidine rings is 1. The number of likely N-dealkylation sites (tertiary alicyclic amines) is 1. The second-order valence-corrected chi connectivity index (χ2v) is 8.10. The van der Waals surface area contributed by atoms with Crippen molar-refractivity contribution in [3.8, 4) is 0 Å². The Hall–Kier alpha value is -3.45. The zero-order valence-electron chi connectivity index (χ0n) is 17.5. The quantitative estimate of drug-likeness (QED) is 0.665. The number of aryl methyl sites for hydroxylation is 1. The highest BCUT2D eigenvalue weighted by Gasteiger charge is 2.23. The van der Waals surface area contributed by atoms with Crippen LogP contribution in [0, 0.1) is 5.92 Å². The number of benzene rings is 2. The molecule has 1 fully saturated rings. The average Bonchev–Trinajstić information content (AvgIpc) is 2.77. The molecule has 0 spiro atoms. The van der Waals surface area contributed by atoms with E-state index in [9.17, 15) is 14.4 Å². The second-order valence-electron chi connectivity index (χ2n) is 8.10. The number of nitrogens with one attached hydrogen (secondary N) is 1. The third-order valence-corrected chi connectivity index (χ3v) is 5.92. The zero-order chi connectivity index (χ0) is 22.0. The van der Waals surface area contributed by atoms with E-state index in [-0.39, 0.29) is 23.3 Å². The van der Waals surface area contributed by atoms with Gasteiger partial charge in [-0.15, -0.1) is 0 Å². The van der Waals surface area contributed by atoms with Gasteiger partial charge in [-0.1, -0.05) is 30.3 Å². The largest absolute Gasteiger partial charge is 0.369 e. The van der Waals surface area contributed by atoms with E-state index >= 15 is 0 Å². The maximum Gasteiger partial charge on any atom is 0.256 e. The highest BCUT2D eigenvalue weighted by Crippen LogP contribution is 2.21. The zero-order valence-corrected chi connectivity index (χ0v) is 17.5. The van der Waals surface area contributed by atoms with E-state index in [1.54, 1.807) is 7.05 Å². The van der Waals surface area contributed by atoms with Crippen LogP contribution in [0.15, 0.2) is 59.4 Å². The number of amides is 2. The minimum atomic E-state index is -0.318. The summed E-state index contributed by atoms with van der Waals surface area (Å²) in [5.74, 6) is -0.631. The summed E-state index contributed by atoms with van der Waals surface area (Å²) < 4.78 is 1.53. The fourth-order valence-electron chi connectivity index (χ4n) is 4.18. The summed E-state index contributed by atoms with van der Waals surface area (Å²) in [6.07, 6.45) is 1.82. The van der Waals surface area contributed by atoms with Crippen molar-refractivity contribution in [3.63, 3.8) is 0 Å². The van der Waals surface area contributed by atoms with E-state index in [2.05, 4.69) is 10.2 Å². The minimum Gasteiger partial charge on any atom is -0.369 e. The number of nitrogens with two attached hydrogens (primary N) is 1. The van der Waals surface area contributed by atoms with Crippen molar-refractivity contribution in [2.45, 2.75) is 19.4 Å². The summed E-state index contributed by atoms with van der Waals surface area (Å²) in [7, 11) is 1.69. The van der Waals surface area contributed by atoms with Crippen molar-refractivity contribution in [1.29, 1.82) is 0 Å². The number of nitrogens with zero attached hydrogens (tertiary/aromatic N) is 2. The van der Waals surface area contributed by atoms with Gasteiger partial charge in [0.2, 0.25) is 5.91 Å². The Labute approximate surface area is 180 Å². The first kappa shape index (κ1) is 20.8. The fraction of sp³-hybridized carbons (Fsp3) is 0.292. The van der Waals surface area contributed by atoms with Crippen LogP contribution in [-0.4, -0.2) is 34.4 Å². The first-order valence-corrected chi connectivity index (χ1v) is 10.4. The average molecular weight is 418 g/mol. The molecule has 1 saturated heterocycles. The number of rotatable bonds is 5. The summed E-state index contributed by atoms with van der Waals surface area (Å²) in [4.78, 5) is 38.8. The number of hydrogen-bond donors (Lipinski definition) is 2. The van der Waals surface area contributed by atoms with Gasteiger partial charge < -0.3 is 15.6 Å². The Balaban J connectivity index is 1.47. The van der Waals surface area contributed by atoms with Gasteiger partial charge in [0.25, 0.3) is 11.5 Å². The molecule has 160 valence electrons. The lowest BCUT2D eigenvalue weighted by Crippen LogP contribution is -2.40. The van der Waals surface area contributed by atoms with Crippen LogP contribution in [0.3, 0.4) is 0 Å². The smallest absolute Gasteiger partial charge is 0.256 e. The number of anilines is 1. The lowest BCUT2D eigenvalue weighted by molar-refractivity contribution is -0.123. The van der Waals surface area contributed by atoms with E-state index < -0.39 is 0 Å². The van der Waals surface area contributed by atoms with Crippen molar-refractivity contribution in [1.82, 2.24) is 9.47 Å². The van der Waals surface area contributed by atoms with E-state index in [4.69, 9.17) is 5.73 Å². The van der Waals surface area contributed by atoms with E-state index in [1.165, 1.54) is 10.6 Å². The topological polar surface area (TPSA) is 97.4 Å². The number of hydrogen-bond acceptors (Lipinski definition) is 4. The Morgan fingerprint density at radius 3 is 2.61 bits per heavy atom. The first-order chi connectivity index (χ1) is 14.9. The van der Waals surface area contributed by atoms with Crippen LogP contribution < -0.4 is 16.6 Å². The maximum absolute atomic E-state index is 12.9. The molecule has 3 N–H and O–H groups in total. The molecule has 2 heterocycles. The molecule has 7 nitrogen and oxygen atoms in total. The van der Waals surface area contributed by atoms with Crippen molar-refractivity contribution in [2.75, 3.05) is 18.4 Å². The molecule has 4 rings (SSSR count). The highest BCUT2D eigenvalue weighted by atomic mass is 16.2. The van der Waals surface area contributed by atoms with Crippen LogP contribution in [0.4, 0.5) is 5.69 Å². The standard InChI is InChI=1S/C24H26N4O3/c1-27-21-7-3-2-6-19(21)20(13-22(27)29)24(31)26-18-10-8-16(9-11-18)14-28-12-4-5-17(15-28)23(25)30/h2-3,6-11,13,17H,4-5,12,14-15H2,1H3,(H2,25,30)(H,26,31). The van der Waals surface area contributed by atoms with E-state index in [0.717, 1.165) is 36.9 Å². The third kappa shape index (κ3) is 4.51. The van der Waals surface area contributed by atoms with E-state index in [0.29, 0.717) is 23.3 Å². The third-order valence-electron chi connectivity index (χ3n) is 5.92. The Bertz CT molecular complexity index is 1180. The van der Waals surface area contributed by atoms with Gasteiger partial charge in [0, 0.05) is 37.3 Å². The van der Waals surface area contributed by atoms with Gasteiger partial charge in [0.05, 0.1) is 17.0 Å². The number of carbonyl (C=O) groups excluding carboxylic acids is 2. The number of primary amides is 1. The molecule has 31 heavy (non-hydrogen) atoms. The number of para-hydroxylation sites is 1. The van der Waals surface area contributed by atoms with Gasteiger partial charge in [0.15, 0.2) is 0 Å². The molecule has 1 aliphatic heterocycles. The van der Waals surface area contributed by atoms with Gasteiger partial charge in [-0.3, -0.25) is 19.3 Å². The summed E-state index contributed by atoms with van der Waals surface area (Å²) >= 11 is 0. The van der Waals surface area contributed by atoms with Gasteiger partial charge >= 0.3 is 0 Å². The van der Waals surface area contributed by atoms with Crippen molar-refractivity contribution < 1.29 is 9.59 Å². The lowest BCUT2D eigenvalue weighted by Gasteiger charge is -2.31. The summed E-state index contributed by atoms with van der Waals surface area (Å²) in [5.41, 5.74) is 8.06. The Morgan fingerprint density at radius 1 is 1.13 bits per heavy atom. The summed E-state index contributed by atoms with van der Waals surface area (Å²) in [6, 6.07) is 16.4. The van der Waals surface area contributed by atoms with Crippen LogP contribution in [-0.2, 0) is 18.4 Å². The van der Waals surface area contributed by atoms with Gasteiger partial charge in [-0.05, 0) is 43.1 Å².